The zero-order valence-electron chi connectivity index (χ0n) is 9.51. The van der Waals surface area contributed by atoms with Crippen molar-refractivity contribution in [2.24, 2.45) is 5.73 Å². The lowest BCUT2D eigenvalue weighted by atomic mass is 9.94. The lowest BCUT2D eigenvalue weighted by Crippen LogP contribution is -2.09. The van der Waals surface area contributed by atoms with Crippen molar-refractivity contribution in [3.8, 4) is 0 Å². The number of hydrogen-bond donors (Lipinski definition) is 1. The van der Waals surface area contributed by atoms with Crippen molar-refractivity contribution in [3.63, 3.8) is 0 Å². The van der Waals surface area contributed by atoms with Crippen LogP contribution in [-0.4, -0.2) is 6.54 Å². The third kappa shape index (κ3) is 2.36. The molecule has 1 nitrogen and oxygen atoms in total. The Bertz CT molecular complexity index is 291. The molecular formula is C13H21N. The first-order valence-corrected chi connectivity index (χ1v) is 5.54. The van der Waals surface area contributed by atoms with Crippen molar-refractivity contribution in [1.29, 1.82) is 0 Å². The molecular weight excluding hydrogens is 170 g/mol. The van der Waals surface area contributed by atoms with Crippen molar-refractivity contribution in [2.75, 3.05) is 6.54 Å². The number of nitrogens with two attached hydrogens (primary N) is 1. The fraction of sp³-hybridized carbons (Fsp3) is 0.538. The summed E-state index contributed by atoms with van der Waals surface area (Å²) in [5.41, 5.74) is 9.99. The highest BCUT2D eigenvalue weighted by Gasteiger charge is 2.05. The summed E-state index contributed by atoms with van der Waals surface area (Å²) in [4.78, 5) is 0. The molecule has 1 unspecified atom stereocenters. The maximum atomic E-state index is 5.67. The first-order chi connectivity index (χ1) is 6.72. The van der Waals surface area contributed by atoms with Crippen LogP contribution in [0.25, 0.3) is 0 Å². The van der Waals surface area contributed by atoms with Crippen LogP contribution >= 0.6 is 0 Å². The van der Waals surface area contributed by atoms with Crippen LogP contribution in [0.4, 0.5) is 0 Å². The minimum atomic E-state index is 0.478. The van der Waals surface area contributed by atoms with Gasteiger partial charge in [-0.05, 0) is 42.0 Å². The third-order valence-corrected chi connectivity index (χ3v) is 2.91. The van der Waals surface area contributed by atoms with Crippen molar-refractivity contribution >= 4 is 0 Å². The molecule has 0 spiro atoms. The Labute approximate surface area is 87.3 Å². The fourth-order valence-corrected chi connectivity index (χ4v) is 1.76. The average molecular weight is 191 g/mol. The summed E-state index contributed by atoms with van der Waals surface area (Å²) < 4.78 is 0. The van der Waals surface area contributed by atoms with E-state index in [9.17, 15) is 0 Å². The van der Waals surface area contributed by atoms with Gasteiger partial charge in [-0.15, -0.1) is 0 Å². The molecule has 0 saturated carbocycles. The minimum Gasteiger partial charge on any atom is -0.330 e. The van der Waals surface area contributed by atoms with Gasteiger partial charge in [0.25, 0.3) is 0 Å². The van der Waals surface area contributed by atoms with E-state index in [1.807, 2.05) is 0 Å². The number of hydrogen-bond acceptors (Lipinski definition) is 1. The summed E-state index contributed by atoms with van der Waals surface area (Å²) in [5.74, 6) is 0.478. The third-order valence-electron chi connectivity index (χ3n) is 2.91. The predicted molar refractivity (Wildman–Crippen MR) is 62.7 cm³/mol. The van der Waals surface area contributed by atoms with Crippen molar-refractivity contribution in [3.05, 3.63) is 34.9 Å². The molecule has 14 heavy (non-hydrogen) atoms. The Balaban J connectivity index is 3.01. The topological polar surface area (TPSA) is 26.0 Å². The largest absolute Gasteiger partial charge is 0.330 e. The van der Waals surface area contributed by atoms with Gasteiger partial charge in [-0.2, -0.15) is 0 Å². The molecule has 0 heterocycles. The summed E-state index contributed by atoms with van der Waals surface area (Å²) in [6.07, 6.45) is 2.24. The number of rotatable bonds is 4. The van der Waals surface area contributed by atoms with Gasteiger partial charge in [0, 0.05) is 0 Å². The minimum absolute atomic E-state index is 0.478. The van der Waals surface area contributed by atoms with E-state index < -0.39 is 0 Å². The molecule has 0 amide bonds. The lowest BCUT2D eigenvalue weighted by molar-refractivity contribution is 0.771. The van der Waals surface area contributed by atoms with E-state index >= 15 is 0 Å². The Hall–Kier alpha value is -0.820. The summed E-state index contributed by atoms with van der Waals surface area (Å²) in [6.45, 7) is 7.33. The van der Waals surface area contributed by atoms with Gasteiger partial charge in [0.05, 0.1) is 0 Å². The van der Waals surface area contributed by atoms with Crippen LogP contribution in [0.3, 0.4) is 0 Å². The van der Waals surface area contributed by atoms with Gasteiger partial charge in [0.1, 0.15) is 0 Å². The molecule has 2 N–H and O–H groups in total. The molecule has 0 aromatic heterocycles. The normalized spacial score (nSPS) is 12.9. The second kappa shape index (κ2) is 5.16. The fourth-order valence-electron chi connectivity index (χ4n) is 1.76. The lowest BCUT2D eigenvalue weighted by Gasteiger charge is -2.13. The molecule has 0 aliphatic rings. The molecule has 0 bridgehead atoms. The molecule has 1 rings (SSSR count). The van der Waals surface area contributed by atoms with Gasteiger partial charge in [-0.1, -0.05) is 39.0 Å². The quantitative estimate of drug-likeness (QED) is 0.778. The zero-order chi connectivity index (χ0) is 10.6. The van der Waals surface area contributed by atoms with Crippen LogP contribution in [-0.2, 0) is 12.8 Å². The molecule has 78 valence electrons. The van der Waals surface area contributed by atoms with E-state index in [1.165, 1.54) is 16.7 Å². The second-order valence-electron chi connectivity index (χ2n) is 3.87. The number of benzene rings is 1. The van der Waals surface area contributed by atoms with Crippen LogP contribution < -0.4 is 5.73 Å². The Kier molecular flexibility index (Phi) is 4.15. The molecule has 1 aromatic carbocycles. The van der Waals surface area contributed by atoms with Gasteiger partial charge in [0.2, 0.25) is 0 Å². The number of aryl methyl sites for hydroxylation is 2. The van der Waals surface area contributed by atoms with Crippen molar-refractivity contribution < 1.29 is 0 Å². The van der Waals surface area contributed by atoms with Gasteiger partial charge in [0.15, 0.2) is 0 Å². The van der Waals surface area contributed by atoms with E-state index in [0.29, 0.717) is 5.92 Å². The average Bonchev–Trinajstić information content (AvgIpc) is 2.26. The molecule has 0 aliphatic heterocycles. The summed E-state index contributed by atoms with van der Waals surface area (Å²) in [7, 11) is 0. The summed E-state index contributed by atoms with van der Waals surface area (Å²) >= 11 is 0. The monoisotopic (exact) mass is 191 g/mol. The van der Waals surface area contributed by atoms with E-state index in [4.69, 9.17) is 5.73 Å². The molecule has 1 aromatic rings. The molecule has 1 heteroatoms. The van der Waals surface area contributed by atoms with Crippen molar-refractivity contribution in [2.45, 2.75) is 39.5 Å². The molecule has 1 atom stereocenters. The Morgan fingerprint density at radius 1 is 1.14 bits per heavy atom. The maximum Gasteiger partial charge on any atom is -0.00109 e. The van der Waals surface area contributed by atoms with Crippen molar-refractivity contribution in [1.82, 2.24) is 0 Å². The molecule has 0 radical (unpaired) electrons. The summed E-state index contributed by atoms with van der Waals surface area (Å²) in [6, 6.07) is 6.78. The van der Waals surface area contributed by atoms with Crippen LogP contribution in [0, 0.1) is 0 Å². The van der Waals surface area contributed by atoms with Crippen LogP contribution in [0.15, 0.2) is 18.2 Å². The highest BCUT2D eigenvalue weighted by Crippen LogP contribution is 2.19. The smallest absolute Gasteiger partial charge is 0.00109 e. The molecule has 0 fully saturated rings. The van der Waals surface area contributed by atoms with Gasteiger partial charge >= 0.3 is 0 Å². The van der Waals surface area contributed by atoms with Gasteiger partial charge in [-0.25, -0.2) is 0 Å². The van der Waals surface area contributed by atoms with Gasteiger partial charge in [-0.3, -0.25) is 0 Å². The van der Waals surface area contributed by atoms with Crippen LogP contribution in [0.5, 0.6) is 0 Å². The second-order valence-corrected chi connectivity index (χ2v) is 3.87. The predicted octanol–water partition coefficient (Wildman–Crippen LogP) is 2.87. The van der Waals surface area contributed by atoms with E-state index in [-0.39, 0.29) is 0 Å². The maximum absolute atomic E-state index is 5.67. The van der Waals surface area contributed by atoms with E-state index in [2.05, 4.69) is 39.0 Å². The standard InChI is InChI=1S/C13H21N/c1-4-11-6-7-13(10(3)9-14)8-12(11)5-2/h6-8,10H,4-5,9,14H2,1-3H3. The van der Waals surface area contributed by atoms with E-state index in [0.717, 1.165) is 19.4 Å². The Morgan fingerprint density at radius 2 is 1.79 bits per heavy atom. The van der Waals surface area contributed by atoms with Crippen LogP contribution in [0.2, 0.25) is 0 Å². The first-order valence-electron chi connectivity index (χ1n) is 5.54. The highest BCUT2D eigenvalue weighted by atomic mass is 14.5. The summed E-state index contributed by atoms with van der Waals surface area (Å²) in [5, 5.41) is 0. The zero-order valence-corrected chi connectivity index (χ0v) is 9.51. The highest BCUT2D eigenvalue weighted by molar-refractivity contribution is 5.33. The molecule has 0 saturated heterocycles. The first kappa shape index (κ1) is 11.3. The Morgan fingerprint density at radius 3 is 2.29 bits per heavy atom. The van der Waals surface area contributed by atoms with Crippen LogP contribution in [0.1, 0.15) is 43.4 Å². The SMILES string of the molecule is CCc1ccc(C(C)CN)cc1CC. The van der Waals surface area contributed by atoms with E-state index in [1.54, 1.807) is 0 Å². The molecule has 0 aliphatic carbocycles. The van der Waals surface area contributed by atoms with Gasteiger partial charge < -0.3 is 5.73 Å².